The van der Waals surface area contributed by atoms with Gasteiger partial charge in [-0.1, -0.05) is 77.1 Å². The lowest BCUT2D eigenvalue weighted by Gasteiger charge is -2.25. The molecule has 0 aromatic heterocycles. The summed E-state index contributed by atoms with van der Waals surface area (Å²) in [7, 11) is 0. The molecule has 3 rings (SSSR count). The monoisotopic (exact) mass is 406 g/mol. The Morgan fingerprint density at radius 3 is 1.77 bits per heavy atom. The highest BCUT2D eigenvalue weighted by Crippen LogP contribution is 2.46. The van der Waals surface area contributed by atoms with Gasteiger partial charge in [-0.05, 0) is 23.8 Å². The quantitative estimate of drug-likeness (QED) is 0.260. The van der Waals surface area contributed by atoms with Crippen molar-refractivity contribution in [3.05, 3.63) is 48.0 Å². The fraction of sp³-hybridized carbons (Fsp3) is 0.385. The van der Waals surface area contributed by atoms with Crippen LogP contribution in [-0.2, 0) is 15.0 Å². The van der Waals surface area contributed by atoms with Crippen molar-refractivity contribution in [2.24, 2.45) is 0 Å². The van der Waals surface area contributed by atoms with Gasteiger partial charge in [0.15, 0.2) is 0 Å². The van der Waals surface area contributed by atoms with Gasteiger partial charge in [0.2, 0.25) is 0 Å². The molecule has 0 aliphatic rings. The van der Waals surface area contributed by atoms with E-state index in [1.54, 1.807) is 0 Å². The minimum atomic E-state index is -0.263. The zero-order valence-electron chi connectivity index (χ0n) is 18.5. The molecule has 0 unspecified atom stereocenters. The first kappa shape index (κ1) is 21.8. The van der Waals surface area contributed by atoms with Gasteiger partial charge in [0.25, 0.3) is 0 Å². The van der Waals surface area contributed by atoms with Crippen molar-refractivity contribution in [2.75, 3.05) is 0 Å². The van der Waals surface area contributed by atoms with Crippen LogP contribution >= 0.6 is 0 Å². The van der Waals surface area contributed by atoms with Crippen molar-refractivity contribution in [1.82, 2.24) is 0 Å². The molecule has 0 amide bonds. The van der Waals surface area contributed by atoms with E-state index in [-0.39, 0.29) is 17.4 Å². The lowest BCUT2D eigenvalue weighted by molar-refractivity contribution is -0.135. The Morgan fingerprint density at radius 2 is 1.23 bits per heavy atom. The number of benzene rings is 3. The molecule has 0 atom stereocenters. The van der Waals surface area contributed by atoms with E-state index in [4.69, 9.17) is 9.47 Å². The van der Waals surface area contributed by atoms with E-state index < -0.39 is 0 Å². The Morgan fingerprint density at radius 1 is 0.733 bits per heavy atom. The summed E-state index contributed by atoms with van der Waals surface area (Å²) in [5, 5.41) is 3.14. The number of hydrogen-bond donors (Lipinski definition) is 0. The van der Waals surface area contributed by atoms with Crippen molar-refractivity contribution in [3.8, 4) is 11.5 Å². The van der Waals surface area contributed by atoms with E-state index >= 15 is 0 Å². The van der Waals surface area contributed by atoms with Crippen LogP contribution in [0.3, 0.4) is 0 Å². The maximum absolute atomic E-state index is 12.5. The largest absolute Gasteiger partial charge is 0.425 e. The summed E-state index contributed by atoms with van der Waals surface area (Å²) in [6, 6.07) is 13.6. The summed E-state index contributed by atoms with van der Waals surface area (Å²) < 4.78 is 11.8. The molecule has 0 aliphatic carbocycles. The van der Waals surface area contributed by atoms with Gasteiger partial charge >= 0.3 is 11.9 Å². The van der Waals surface area contributed by atoms with Crippen LogP contribution in [0, 0.1) is 0 Å². The van der Waals surface area contributed by atoms with Crippen molar-refractivity contribution < 1.29 is 19.1 Å². The molecule has 4 heteroatoms. The highest BCUT2D eigenvalue weighted by Gasteiger charge is 2.25. The minimum Gasteiger partial charge on any atom is -0.425 e. The molecule has 30 heavy (non-hydrogen) atoms. The number of esters is 2. The smallest absolute Gasteiger partial charge is 0.311 e. The molecule has 0 radical (unpaired) electrons. The SMILES string of the molecule is CCCC(=O)Oc1c2ccccc2c(OC(=O)CCC)c2c(C(C)(C)C)cccc12. The molecule has 0 spiro atoms. The van der Waals surface area contributed by atoms with Crippen LogP contribution in [0.1, 0.15) is 65.9 Å². The summed E-state index contributed by atoms with van der Waals surface area (Å²) in [4.78, 5) is 24.9. The van der Waals surface area contributed by atoms with Crippen LogP contribution in [0.5, 0.6) is 11.5 Å². The zero-order chi connectivity index (χ0) is 21.9. The maximum Gasteiger partial charge on any atom is 0.311 e. The van der Waals surface area contributed by atoms with Crippen LogP contribution in [0.15, 0.2) is 42.5 Å². The standard InChI is InChI=1S/C26H30O4/c1-6-11-21(27)29-24-17-13-8-9-14-18(17)25(30-22(28)12-7-2)23-19(24)15-10-16-20(23)26(3,4)5/h8-10,13-16H,6-7,11-12H2,1-5H3. The van der Waals surface area contributed by atoms with Crippen LogP contribution < -0.4 is 9.47 Å². The lowest BCUT2D eigenvalue weighted by atomic mass is 9.82. The van der Waals surface area contributed by atoms with Gasteiger partial charge in [-0.25, -0.2) is 0 Å². The fourth-order valence-electron chi connectivity index (χ4n) is 3.72. The molecule has 0 saturated carbocycles. The zero-order valence-corrected chi connectivity index (χ0v) is 18.5. The van der Waals surface area contributed by atoms with E-state index in [1.165, 1.54) is 0 Å². The molecular formula is C26H30O4. The van der Waals surface area contributed by atoms with Gasteiger partial charge in [-0.15, -0.1) is 0 Å². The van der Waals surface area contributed by atoms with Gasteiger partial charge in [0, 0.05) is 34.4 Å². The third kappa shape index (κ3) is 4.33. The Hall–Kier alpha value is -2.88. The third-order valence-electron chi connectivity index (χ3n) is 5.10. The molecule has 0 saturated heterocycles. The second kappa shape index (κ2) is 8.86. The second-order valence-electron chi connectivity index (χ2n) is 8.63. The highest BCUT2D eigenvalue weighted by atomic mass is 16.5. The van der Waals surface area contributed by atoms with Crippen molar-refractivity contribution in [2.45, 2.75) is 65.7 Å². The van der Waals surface area contributed by atoms with Gasteiger partial charge in [0.05, 0.1) is 0 Å². The maximum atomic E-state index is 12.5. The number of ether oxygens (including phenoxy) is 2. The van der Waals surface area contributed by atoms with E-state index in [0.717, 1.165) is 27.1 Å². The molecule has 0 heterocycles. The Kier molecular flexibility index (Phi) is 6.45. The molecule has 158 valence electrons. The van der Waals surface area contributed by atoms with Crippen LogP contribution in [0.2, 0.25) is 0 Å². The Balaban J connectivity index is 2.42. The molecule has 0 N–H and O–H groups in total. The van der Waals surface area contributed by atoms with Crippen molar-refractivity contribution >= 4 is 33.5 Å². The lowest BCUT2D eigenvalue weighted by Crippen LogP contribution is -2.15. The molecule has 0 aliphatic heterocycles. The number of carbonyl (C=O) groups is 2. The normalized spacial score (nSPS) is 11.6. The van der Waals surface area contributed by atoms with Crippen molar-refractivity contribution in [3.63, 3.8) is 0 Å². The Bertz CT molecular complexity index is 1090. The van der Waals surface area contributed by atoms with E-state index in [0.29, 0.717) is 37.2 Å². The first-order valence-corrected chi connectivity index (χ1v) is 10.7. The molecule has 3 aromatic carbocycles. The van der Waals surface area contributed by atoms with E-state index in [2.05, 4.69) is 20.8 Å². The topological polar surface area (TPSA) is 52.6 Å². The summed E-state index contributed by atoms with van der Waals surface area (Å²) in [5.41, 5.74) is 0.844. The first-order valence-electron chi connectivity index (χ1n) is 10.7. The highest BCUT2D eigenvalue weighted by molar-refractivity contribution is 6.14. The number of hydrogen-bond acceptors (Lipinski definition) is 4. The average Bonchev–Trinajstić information content (AvgIpc) is 2.69. The Labute approximate surface area is 178 Å². The third-order valence-corrected chi connectivity index (χ3v) is 5.10. The van der Waals surface area contributed by atoms with Gasteiger partial charge in [-0.2, -0.15) is 0 Å². The van der Waals surface area contributed by atoms with Gasteiger partial charge in [-0.3, -0.25) is 9.59 Å². The number of carbonyl (C=O) groups excluding carboxylic acids is 2. The minimum absolute atomic E-state index is 0.196. The van der Waals surface area contributed by atoms with Crippen LogP contribution in [-0.4, -0.2) is 11.9 Å². The summed E-state index contributed by atoms with van der Waals surface area (Å²) in [6.45, 7) is 10.3. The summed E-state index contributed by atoms with van der Waals surface area (Å²) in [5.74, 6) is 0.546. The van der Waals surface area contributed by atoms with E-state index in [9.17, 15) is 9.59 Å². The summed E-state index contributed by atoms with van der Waals surface area (Å²) in [6.07, 6.45) is 2.13. The van der Waals surface area contributed by atoms with Gasteiger partial charge in [0.1, 0.15) is 11.5 Å². The molecule has 3 aromatic rings. The molecule has 4 nitrogen and oxygen atoms in total. The predicted molar refractivity (Wildman–Crippen MR) is 121 cm³/mol. The molecular weight excluding hydrogens is 376 g/mol. The summed E-state index contributed by atoms with van der Waals surface area (Å²) >= 11 is 0. The van der Waals surface area contributed by atoms with Crippen molar-refractivity contribution in [1.29, 1.82) is 0 Å². The van der Waals surface area contributed by atoms with Gasteiger partial charge < -0.3 is 9.47 Å². The van der Waals surface area contributed by atoms with E-state index in [1.807, 2.05) is 56.3 Å². The first-order chi connectivity index (χ1) is 14.3. The fourth-order valence-corrected chi connectivity index (χ4v) is 3.72. The number of fused-ring (bicyclic) bond motifs is 2. The predicted octanol–water partition coefficient (Wildman–Crippen LogP) is 6.70. The van der Waals surface area contributed by atoms with Crippen LogP contribution in [0.25, 0.3) is 21.5 Å². The van der Waals surface area contributed by atoms with Crippen LogP contribution in [0.4, 0.5) is 0 Å². The average molecular weight is 407 g/mol. The molecule has 0 bridgehead atoms. The second-order valence-corrected chi connectivity index (χ2v) is 8.63. The number of rotatable bonds is 6. The molecule has 0 fully saturated rings.